The normalized spacial score (nSPS) is 22.4. The number of hydrogen-bond donors (Lipinski definition) is 1. The molecule has 0 spiro atoms. The predicted molar refractivity (Wildman–Crippen MR) is 68.5 cm³/mol. The molecule has 1 fully saturated rings. The minimum absolute atomic E-state index is 0.354. The molecule has 1 saturated heterocycles. The van der Waals surface area contributed by atoms with Crippen LogP contribution in [0.1, 0.15) is 18.4 Å². The minimum Gasteiger partial charge on any atom is -0.486 e. The molecule has 0 saturated carbocycles. The van der Waals surface area contributed by atoms with E-state index in [4.69, 9.17) is 14.6 Å². The Labute approximate surface area is 111 Å². The first-order valence-corrected chi connectivity index (χ1v) is 6.59. The number of ether oxygens (including phenoxy) is 2. The van der Waals surface area contributed by atoms with Gasteiger partial charge in [0.1, 0.15) is 19.3 Å². The quantitative estimate of drug-likeness (QED) is 0.895. The Morgan fingerprint density at radius 3 is 2.89 bits per heavy atom. The SMILES string of the molecule is O=C(O)C1CCCN1Cc1ccc2c(c1)OCCO2. The zero-order valence-electron chi connectivity index (χ0n) is 10.7. The fraction of sp³-hybridized carbons (Fsp3) is 0.500. The molecule has 102 valence electrons. The first kappa shape index (κ1) is 12.3. The predicted octanol–water partition coefficient (Wildman–Crippen LogP) is 1.51. The first-order chi connectivity index (χ1) is 9.24. The van der Waals surface area contributed by atoms with Crippen molar-refractivity contribution in [3.63, 3.8) is 0 Å². The maximum Gasteiger partial charge on any atom is 0.320 e. The topological polar surface area (TPSA) is 59.0 Å². The van der Waals surface area contributed by atoms with Crippen LogP contribution in [0.5, 0.6) is 11.5 Å². The summed E-state index contributed by atoms with van der Waals surface area (Å²) < 4.78 is 11.0. The Bertz CT molecular complexity index is 488. The van der Waals surface area contributed by atoms with Gasteiger partial charge in [-0.15, -0.1) is 0 Å². The molecule has 1 atom stereocenters. The van der Waals surface area contributed by atoms with Crippen molar-refractivity contribution in [2.24, 2.45) is 0 Å². The molecule has 19 heavy (non-hydrogen) atoms. The van der Waals surface area contributed by atoms with Gasteiger partial charge in [0.15, 0.2) is 11.5 Å². The Kier molecular flexibility index (Phi) is 3.29. The van der Waals surface area contributed by atoms with Crippen molar-refractivity contribution in [1.82, 2.24) is 4.90 Å². The summed E-state index contributed by atoms with van der Waals surface area (Å²) in [5, 5.41) is 9.17. The average molecular weight is 263 g/mol. The van der Waals surface area contributed by atoms with Gasteiger partial charge in [-0.3, -0.25) is 9.69 Å². The van der Waals surface area contributed by atoms with Gasteiger partial charge >= 0.3 is 5.97 Å². The molecule has 1 N–H and O–H groups in total. The maximum atomic E-state index is 11.1. The molecule has 0 radical (unpaired) electrons. The molecule has 1 unspecified atom stereocenters. The van der Waals surface area contributed by atoms with Crippen LogP contribution in [0.4, 0.5) is 0 Å². The molecule has 1 aromatic carbocycles. The summed E-state index contributed by atoms with van der Waals surface area (Å²) in [6.07, 6.45) is 1.68. The molecular weight excluding hydrogens is 246 g/mol. The van der Waals surface area contributed by atoms with Crippen LogP contribution < -0.4 is 9.47 Å². The molecule has 0 bridgehead atoms. The second kappa shape index (κ2) is 5.09. The molecule has 2 aliphatic heterocycles. The fourth-order valence-electron chi connectivity index (χ4n) is 2.72. The molecule has 0 amide bonds. The summed E-state index contributed by atoms with van der Waals surface area (Å²) in [4.78, 5) is 13.2. The smallest absolute Gasteiger partial charge is 0.320 e. The van der Waals surface area contributed by atoms with E-state index >= 15 is 0 Å². The molecule has 0 aliphatic carbocycles. The first-order valence-electron chi connectivity index (χ1n) is 6.59. The second-order valence-electron chi connectivity index (χ2n) is 4.94. The standard InChI is InChI=1S/C14H17NO4/c16-14(17)11-2-1-5-15(11)9-10-3-4-12-13(8-10)19-7-6-18-12/h3-4,8,11H,1-2,5-7,9H2,(H,16,17). The number of carboxylic acid groups (broad SMARTS) is 1. The van der Waals surface area contributed by atoms with E-state index in [9.17, 15) is 4.79 Å². The number of carboxylic acids is 1. The molecule has 5 nitrogen and oxygen atoms in total. The number of benzene rings is 1. The molecular formula is C14H17NO4. The molecule has 5 heteroatoms. The zero-order chi connectivity index (χ0) is 13.2. The lowest BCUT2D eigenvalue weighted by Gasteiger charge is -2.23. The van der Waals surface area contributed by atoms with Crippen LogP contribution in [-0.2, 0) is 11.3 Å². The monoisotopic (exact) mass is 263 g/mol. The Hall–Kier alpha value is -1.75. The third-order valence-electron chi connectivity index (χ3n) is 3.64. The van der Waals surface area contributed by atoms with Crippen molar-refractivity contribution in [1.29, 1.82) is 0 Å². The van der Waals surface area contributed by atoms with E-state index in [2.05, 4.69) is 0 Å². The summed E-state index contributed by atoms with van der Waals surface area (Å²) in [7, 11) is 0. The van der Waals surface area contributed by atoms with Gasteiger partial charge in [0.2, 0.25) is 0 Å². The van der Waals surface area contributed by atoms with E-state index in [-0.39, 0.29) is 6.04 Å². The highest BCUT2D eigenvalue weighted by atomic mass is 16.6. The van der Waals surface area contributed by atoms with Gasteiger partial charge in [-0.1, -0.05) is 6.07 Å². The van der Waals surface area contributed by atoms with Crippen molar-refractivity contribution in [2.75, 3.05) is 19.8 Å². The molecule has 3 rings (SSSR count). The third kappa shape index (κ3) is 2.51. The van der Waals surface area contributed by atoms with Gasteiger partial charge in [-0.2, -0.15) is 0 Å². The number of nitrogens with zero attached hydrogens (tertiary/aromatic N) is 1. The number of fused-ring (bicyclic) bond motifs is 1. The molecule has 2 heterocycles. The highest BCUT2D eigenvalue weighted by Gasteiger charge is 2.30. The van der Waals surface area contributed by atoms with Crippen LogP contribution in [0.25, 0.3) is 0 Å². The van der Waals surface area contributed by atoms with Crippen molar-refractivity contribution < 1.29 is 19.4 Å². The lowest BCUT2D eigenvalue weighted by Crippen LogP contribution is -2.35. The lowest BCUT2D eigenvalue weighted by molar-refractivity contribution is -0.142. The average Bonchev–Trinajstić information content (AvgIpc) is 2.87. The molecule has 2 aliphatic rings. The fourth-order valence-corrected chi connectivity index (χ4v) is 2.72. The Balaban J connectivity index is 1.74. The van der Waals surface area contributed by atoms with E-state index in [0.717, 1.165) is 36.4 Å². The number of rotatable bonds is 3. The number of likely N-dealkylation sites (tertiary alicyclic amines) is 1. The van der Waals surface area contributed by atoms with Crippen molar-refractivity contribution in [2.45, 2.75) is 25.4 Å². The molecule has 0 aromatic heterocycles. The Morgan fingerprint density at radius 1 is 1.32 bits per heavy atom. The van der Waals surface area contributed by atoms with E-state index in [1.165, 1.54) is 0 Å². The summed E-state index contributed by atoms with van der Waals surface area (Å²) in [6, 6.07) is 5.47. The largest absolute Gasteiger partial charge is 0.486 e. The third-order valence-corrected chi connectivity index (χ3v) is 3.64. The van der Waals surface area contributed by atoms with Crippen molar-refractivity contribution in [3.05, 3.63) is 23.8 Å². The van der Waals surface area contributed by atoms with Gasteiger partial charge in [0.05, 0.1) is 0 Å². The highest BCUT2D eigenvalue weighted by Crippen LogP contribution is 2.31. The van der Waals surface area contributed by atoms with Gasteiger partial charge in [0.25, 0.3) is 0 Å². The van der Waals surface area contributed by atoms with E-state index < -0.39 is 5.97 Å². The van der Waals surface area contributed by atoms with Crippen LogP contribution in [0.3, 0.4) is 0 Å². The van der Waals surface area contributed by atoms with Gasteiger partial charge in [0, 0.05) is 6.54 Å². The Morgan fingerprint density at radius 2 is 2.11 bits per heavy atom. The lowest BCUT2D eigenvalue weighted by atomic mass is 10.1. The van der Waals surface area contributed by atoms with E-state index in [1.54, 1.807) is 0 Å². The van der Waals surface area contributed by atoms with Crippen molar-refractivity contribution >= 4 is 5.97 Å². The van der Waals surface area contributed by atoms with Crippen LogP contribution >= 0.6 is 0 Å². The summed E-state index contributed by atoms with van der Waals surface area (Å²) >= 11 is 0. The highest BCUT2D eigenvalue weighted by molar-refractivity contribution is 5.73. The molecule has 1 aromatic rings. The van der Waals surface area contributed by atoms with Crippen LogP contribution in [-0.4, -0.2) is 41.8 Å². The number of aliphatic carboxylic acids is 1. The zero-order valence-corrected chi connectivity index (χ0v) is 10.7. The van der Waals surface area contributed by atoms with Gasteiger partial charge in [-0.25, -0.2) is 0 Å². The summed E-state index contributed by atoms with van der Waals surface area (Å²) in [5.74, 6) is 0.802. The van der Waals surface area contributed by atoms with Gasteiger partial charge < -0.3 is 14.6 Å². The van der Waals surface area contributed by atoms with Gasteiger partial charge in [-0.05, 0) is 37.1 Å². The van der Waals surface area contributed by atoms with E-state index in [0.29, 0.717) is 19.8 Å². The van der Waals surface area contributed by atoms with Crippen LogP contribution in [0, 0.1) is 0 Å². The summed E-state index contributed by atoms with van der Waals surface area (Å²) in [5.41, 5.74) is 1.07. The number of hydrogen-bond acceptors (Lipinski definition) is 4. The number of carbonyl (C=O) groups is 1. The van der Waals surface area contributed by atoms with Crippen LogP contribution in [0.2, 0.25) is 0 Å². The maximum absolute atomic E-state index is 11.1. The summed E-state index contributed by atoms with van der Waals surface area (Å²) in [6.45, 7) is 2.64. The van der Waals surface area contributed by atoms with Crippen LogP contribution in [0.15, 0.2) is 18.2 Å². The van der Waals surface area contributed by atoms with E-state index in [1.807, 2.05) is 23.1 Å². The van der Waals surface area contributed by atoms with Crippen molar-refractivity contribution in [3.8, 4) is 11.5 Å². The minimum atomic E-state index is -0.727. The second-order valence-corrected chi connectivity index (χ2v) is 4.94.